The van der Waals surface area contributed by atoms with Crippen LogP contribution in [-0.2, 0) is 6.54 Å². The van der Waals surface area contributed by atoms with Crippen molar-refractivity contribution < 1.29 is 9.18 Å². The number of para-hydroxylation sites is 1. The van der Waals surface area contributed by atoms with Gasteiger partial charge in [-0.15, -0.1) is 11.3 Å². The lowest BCUT2D eigenvalue weighted by Gasteiger charge is -2.09. The molecule has 0 saturated heterocycles. The van der Waals surface area contributed by atoms with E-state index in [1.807, 2.05) is 12.3 Å². The van der Waals surface area contributed by atoms with E-state index in [-0.39, 0.29) is 11.3 Å². The number of nitrogens with two attached hydrogens (primary N) is 1. The van der Waals surface area contributed by atoms with Crippen LogP contribution in [0.25, 0.3) is 0 Å². The maximum absolute atomic E-state index is 13.4. The Morgan fingerprint density at radius 3 is 2.95 bits per heavy atom. The monoisotopic (exact) mass is 280 g/mol. The van der Waals surface area contributed by atoms with Gasteiger partial charge in [-0.3, -0.25) is 10.6 Å². The minimum atomic E-state index is -0.570. The maximum atomic E-state index is 13.4. The quantitative estimate of drug-likeness (QED) is 0.589. The number of aryl methyl sites for hydroxylation is 1. The predicted octanol–water partition coefficient (Wildman–Crippen LogP) is 1.81. The van der Waals surface area contributed by atoms with Crippen molar-refractivity contribution in [2.75, 3.05) is 5.43 Å². The van der Waals surface area contributed by atoms with Crippen LogP contribution in [0.2, 0.25) is 0 Å². The van der Waals surface area contributed by atoms with E-state index in [0.717, 1.165) is 10.7 Å². The van der Waals surface area contributed by atoms with E-state index < -0.39 is 11.7 Å². The number of benzene rings is 1. The van der Waals surface area contributed by atoms with Gasteiger partial charge < -0.3 is 10.7 Å². The van der Waals surface area contributed by atoms with Gasteiger partial charge in [-0.1, -0.05) is 6.07 Å². The molecular formula is C12H13FN4OS. The number of thiazole rings is 1. The van der Waals surface area contributed by atoms with E-state index in [9.17, 15) is 9.18 Å². The molecule has 0 aliphatic heterocycles. The van der Waals surface area contributed by atoms with Crippen LogP contribution in [0.15, 0.2) is 23.6 Å². The van der Waals surface area contributed by atoms with Crippen LogP contribution in [0.3, 0.4) is 0 Å². The second kappa shape index (κ2) is 5.77. The number of nitrogens with one attached hydrogen (secondary N) is 2. The van der Waals surface area contributed by atoms with Crippen molar-refractivity contribution in [3.8, 4) is 0 Å². The molecule has 1 amide bonds. The minimum Gasteiger partial charge on any atom is -0.346 e. The van der Waals surface area contributed by atoms with E-state index in [1.165, 1.54) is 29.5 Å². The summed E-state index contributed by atoms with van der Waals surface area (Å²) in [6.07, 6.45) is 0. The van der Waals surface area contributed by atoms with Crippen molar-refractivity contribution >= 4 is 22.9 Å². The third-order valence-corrected chi connectivity index (χ3v) is 3.32. The molecule has 100 valence electrons. The molecule has 0 unspecified atom stereocenters. The number of nitrogen functional groups attached to an aromatic ring is 1. The summed E-state index contributed by atoms with van der Waals surface area (Å²) < 4.78 is 13.4. The van der Waals surface area contributed by atoms with Gasteiger partial charge in [-0.2, -0.15) is 0 Å². The topological polar surface area (TPSA) is 80.0 Å². The number of anilines is 1. The minimum absolute atomic E-state index is 0.0190. The lowest BCUT2D eigenvalue weighted by molar-refractivity contribution is 0.0951. The molecule has 0 radical (unpaired) electrons. The second-order valence-corrected chi connectivity index (χ2v) is 4.91. The molecule has 0 aliphatic carbocycles. The van der Waals surface area contributed by atoms with E-state index in [1.54, 1.807) is 0 Å². The molecule has 0 aliphatic rings. The van der Waals surface area contributed by atoms with Crippen molar-refractivity contribution in [2.24, 2.45) is 5.84 Å². The van der Waals surface area contributed by atoms with Crippen LogP contribution in [-0.4, -0.2) is 10.9 Å². The molecule has 0 spiro atoms. The highest BCUT2D eigenvalue weighted by atomic mass is 32.1. The molecule has 0 saturated carbocycles. The summed E-state index contributed by atoms with van der Waals surface area (Å²) in [5.41, 5.74) is 3.11. The molecular weight excluding hydrogens is 267 g/mol. The van der Waals surface area contributed by atoms with Crippen LogP contribution < -0.4 is 16.6 Å². The van der Waals surface area contributed by atoms with Gasteiger partial charge in [0.15, 0.2) is 0 Å². The fraction of sp³-hybridized carbons (Fsp3) is 0.167. The summed E-state index contributed by atoms with van der Waals surface area (Å²) in [4.78, 5) is 16.2. The Morgan fingerprint density at radius 1 is 1.53 bits per heavy atom. The first-order valence-corrected chi connectivity index (χ1v) is 6.44. The van der Waals surface area contributed by atoms with Crippen molar-refractivity contribution in [3.05, 3.63) is 45.7 Å². The van der Waals surface area contributed by atoms with Gasteiger partial charge in [-0.05, 0) is 19.1 Å². The van der Waals surface area contributed by atoms with E-state index in [0.29, 0.717) is 6.54 Å². The Kier molecular flexibility index (Phi) is 4.08. The highest BCUT2D eigenvalue weighted by Gasteiger charge is 2.14. The Labute approximate surface area is 113 Å². The molecule has 5 nitrogen and oxygen atoms in total. The zero-order valence-corrected chi connectivity index (χ0v) is 11.1. The fourth-order valence-corrected chi connectivity index (χ4v) is 2.23. The summed E-state index contributed by atoms with van der Waals surface area (Å²) in [5.74, 6) is 4.24. The SMILES string of the molecule is Cc1nc(CNC(=O)c2cccc(F)c2NN)cs1. The van der Waals surface area contributed by atoms with Gasteiger partial charge in [0.1, 0.15) is 5.82 Å². The Hall–Kier alpha value is -1.99. The molecule has 1 heterocycles. The molecule has 0 bridgehead atoms. The number of carbonyl (C=O) groups is 1. The van der Waals surface area contributed by atoms with Gasteiger partial charge in [0.05, 0.1) is 28.5 Å². The van der Waals surface area contributed by atoms with Crippen LogP contribution in [0.1, 0.15) is 21.1 Å². The first-order chi connectivity index (χ1) is 9.11. The molecule has 1 aromatic carbocycles. The summed E-state index contributed by atoms with van der Waals surface area (Å²) in [6.45, 7) is 2.18. The summed E-state index contributed by atoms with van der Waals surface area (Å²) in [6, 6.07) is 4.19. The van der Waals surface area contributed by atoms with Gasteiger partial charge in [0.2, 0.25) is 0 Å². The first-order valence-electron chi connectivity index (χ1n) is 5.56. The largest absolute Gasteiger partial charge is 0.346 e. The number of hydrogen-bond acceptors (Lipinski definition) is 5. The average molecular weight is 280 g/mol. The lowest BCUT2D eigenvalue weighted by atomic mass is 10.1. The Morgan fingerprint density at radius 2 is 2.32 bits per heavy atom. The van der Waals surface area contributed by atoms with E-state index >= 15 is 0 Å². The third-order valence-electron chi connectivity index (χ3n) is 2.50. The van der Waals surface area contributed by atoms with Crippen molar-refractivity contribution in [1.82, 2.24) is 10.3 Å². The lowest BCUT2D eigenvalue weighted by Crippen LogP contribution is -2.25. The first kappa shape index (κ1) is 13.4. The molecule has 2 aromatic rings. The molecule has 7 heteroatoms. The van der Waals surface area contributed by atoms with Crippen LogP contribution >= 0.6 is 11.3 Å². The van der Waals surface area contributed by atoms with E-state index in [4.69, 9.17) is 5.84 Å². The summed E-state index contributed by atoms with van der Waals surface area (Å²) >= 11 is 1.51. The highest BCUT2D eigenvalue weighted by molar-refractivity contribution is 7.09. The van der Waals surface area contributed by atoms with E-state index in [2.05, 4.69) is 15.7 Å². The highest BCUT2D eigenvalue weighted by Crippen LogP contribution is 2.18. The molecule has 1 aromatic heterocycles. The summed E-state index contributed by atoms with van der Waals surface area (Å²) in [5, 5.41) is 5.47. The van der Waals surface area contributed by atoms with Crippen molar-refractivity contribution in [2.45, 2.75) is 13.5 Å². The smallest absolute Gasteiger partial charge is 0.253 e. The number of hydrazine groups is 1. The standard InChI is InChI=1S/C12H13FN4OS/c1-7-16-8(6-19-7)5-15-12(18)9-3-2-4-10(13)11(9)17-14/h2-4,6,17H,5,14H2,1H3,(H,15,18). The number of nitrogens with zero attached hydrogens (tertiary/aromatic N) is 1. The zero-order valence-electron chi connectivity index (χ0n) is 10.2. The number of rotatable bonds is 4. The number of halogens is 1. The Bertz CT molecular complexity index is 599. The molecule has 4 N–H and O–H groups in total. The predicted molar refractivity (Wildman–Crippen MR) is 72.2 cm³/mol. The summed E-state index contributed by atoms with van der Waals surface area (Å²) in [7, 11) is 0. The van der Waals surface area contributed by atoms with Gasteiger partial charge >= 0.3 is 0 Å². The second-order valence-electron chi connectivity index (χ2n) is 3.85. The van der Waals surface area contributed by atoms with Gasteiger partial charge in [0, 0.05) is 5.38 Å². The van der Waals surface area contributed by atoms with Crippen LogP contribution in [0, 0.1) is 12.7 Å². The van der Waals surface area contributed by atoms with Gasteiger partial charge in [0.25, 0.3) is 5.91 Å². The van der Waals surface area contributed by atoms with Crippen molar-refractivity contribution in [1.29, 1.82) is 0 Å². The number of hydrogen-bond donors (Lipinski definition) is 3. The van der Waals surface area contributed by atoms with Crippen LogP contribution in [0.5, 0.6) is 0 Å². The third kappa shape index (κ3) is 3.07. The number of amides is 1. The molecule has 0 fully saturated rings. The number of aromatic nitrogens is 1. The average Bonchev–Trinajstić information content (AvgIpc) is 2.81. The normalized spacial score (nSPS) is 10.3. The molecule has 2 rings (SSSR count). The van der Waals surface area contributed by atoms with Crippen molar-refractivity contribution in [3.63, 3.8) is 0 Å². The number of carbonyl (C=O) groups excluding carboxylic acids is 1. The fourth-order valence-electron chi connectivity index (χ4n) is 1.62. The van der Waals surface area contributed by atoms with Crippen LogP contribution in [0.4, 0.5) is 10.1 Å². The zero-order chi connectivity index (χ0) is 13.8. The maximum Gasteiger partial charge on any atom is 0.253 e. The molecule has 0 atom stereocenters. The Balaban J connectivity index is 2.10. The van der Waals surface area contributed by atoms with Gasteiger partial charge in [-0.25, -0.2) is 9.37 Å². The molecule has 19 heavy (non-hydrogen) atoms.